The molecule has 0 aliphatic rings. The van der Waals surface area contributed by atoms with Gasteiger partial charge in [-0.3, -0.25) is 0 Å². The van der Waals surface area contributed by atoms with Crippen LogP contribution in [0.5, 0.6) is 0 Å². The number of rotatable bonds is 6. The normalized spacial score (nSPS) is 11.7. The van der Waals surface area contributed by atoms with E-state index in [0.717, 1.165) is 17.6 Å². The summed E-state index contributed by atoms with van der Waals surface area (Å²) in [5.41, 5.74) is 1.28. The van der Waals surface area contributed by atoms with Gasteiger partial charge in [0.25, 0.3) is 0 Å². The van der Waals surface area contributed by atoms with Crippen LogP contribution < -0.4 is 0 Å². The third kappa shape index (κ3) is 5.76. The first kappa shape index (κ1) is 12.5. The molecule has 0 saturated heterocycles. The maximum atomic E-state index is 4.53. The topological polar surface area (TPSA) is 12.4 Å². The second-order valence-electron chi connectivity index (χ2n) is 3.65. The average Bonchev–Trinajstić information content (AvgIpc) is 2.28. The minimum atomic E-state index is 0.801. The summed E-state index contributed by atoms with van der Waals surface area (Å²) in [5.74, 6) is 0. The van der Waals surface area contributed by atoms with E-state index in [9.17, 15) is 0 Å². The van der Waals surface area contributed by atoms with E-state index in [1.165, 1.54) is 24.8 Å². The Labute approximate surface area is 101 Å². The van der Waals surface area contributed by atoms with Gasteiger partial charge in [0.1, 0.15) is 0 Å². The van der Waals surface area contributed by atoms with Crippen molar-refractivity contribution in [2.45, 2.75) is 39.2 Å². The van der Waals surface area contributed by atoms with Gasteiger partial charge in [-0.05, 0) is 0 Å². The molecular formula is C13H18NSe. The molecule has 1 aromatic carbocycles. The van der Waals surface area contributed by atoms with Crippen molar-refractivity contribution in [1.29, 1.82) is 0 Å². The summed E-state index contributed by atoms with van der Waals surface area (Å²) >= 11 is 3.06. The summed E-state index contributed by atoms with van der Waals surface area (Å²) in [5, 5.41) is 0. The zero-order chi connectivity index (χ0) is 10.9. The van der Waals surface area contributed by atoms with Crippen LogP contribution >= 0.6 is 0 Å². The number of hydrogen-bond donors (Lipinski definition) is 0. The van der Waals surface area contributed by atoms with Gasteiger partial charge >= 0.3 is 101 Å². The van der Waals surface area contributed by atoms with Crippen molar-refractivity contribution in [3.63, 3.8) is 0 Å². The first-order chi connectivity index (χ1) is 7.33. The molecule has 0 fully saturated rings. The Balaban J connectivity index is 2.31. The third-order valence-corrected chi connectivity index (χ3v) is 2.97. The zero-order valence-corrected chi connectivity index (χ0v) is 11.0. The molecule has 0 amide bonds. The van der Waals surface area contributed by atoms with E-state index in [-0.39, 0.29) is 0 Å². The Hall–Kier alpha value is -0.591. The van der Waals surface area contributed by atoms with Crippen LogP contribution in [-0.2, 0) is 6.54 Å². The van der Waals surface area contributed by atoms with Gasteiger partial charge in [0, 0.05) is 0 Å². The molecule has 0 unspecified atom stereocenters. The molecule has 1 radical (unpaired) electrons. The molecule has 1 aromatic rings. The molecule has 0 bridgehead atoms. The second-order valence-corrected chi connectivity index (χ2v) is 4.64. The Morgan fingerprint density at radius 3 is 2.60 bits per heavy atom. The molecule has 1 rings (SSSR count). The molecule has 0 aliphatic heterocycles. The van der Waals surface area contributed by atoms with Gasteiger partial charge in [-0.25, -0.2) is 0 Å². The van der Waals surface area contributed by atoms with E-state index >= 15 is 0 Å². The van der Waals surface area contributed by atoms with Gasteiger partial charge in [-0.15, -0.1) is 0 Å². The predicted molar refractivity (Wildman–Crippen MR) is 67.5 cm³/mol. The summed E-state index contributed by atoms with van der Waals surface area (Å²) in [6.45, 7) is 3.02. The molecule has 0 spiro atoms. The SMILES string of the molecule is CCCCCC([Se])=NCc1ccccc1. The van der Waals surface area contributed by atoms with Crippen molar-refractivity contribution >= 4 is 20.6 Å². The number of benzene rings is 1. The van der Waals surface area contributed by atoms with Crippen molar-refractivity contribution in [1.82, 2.24) is 0 Å². The first-order valence-corrected chi connectivity index (χ1v) is 6.43. The number of aliphatic imine (C=N–C) groups is 1. The fourth-order valence-electron chi connectivity index (χ4n) is 1.37. The van der Waals surface area contributed by atoms with Crippen molar-refractivity contribution in [2.24, 2.45) is 4.99 Å². The molecular weight excluding hydrogens is 249 g/mol. The van der Waals surface area contributed by atoms with Crippen LogP contribution in [0, 0.1) is 0 Å². The second kappa shape index (κ2) is 7.67. The number of nitrogens with zero attached hydrogens (tertiary/aromatic N) is 1. The van der Waals surface area contributed by atoms with Crippen molar-refractivity contribution in [2.75, 3.05) is 0 Å². The summed E-state index contributed by atoms with van der Waals surface area (Å²) in [6, 6.07) is 10.4. The van der Waals surface area contributed by atoms with Gasteiger partial charge < -0.3 is 0 Å². The summed E-state index contributed by atoms with van der Waals surface area (Å²) < 4.78 is 1.16. The molecule has 0 aliphatic carbocycles. The zero-order valence-electron chi connectivity index (χ0n) is 9.28. The Morgan fingerprint density at radius 2 is 1.93 bits per heavy atom. The van der Waals surface area contributed by atoms with E-state index in [2.05, 4.69) is 52.2 Å². The van der Waals surface area contributed by atoms with Gasteiger partial charge in [-0.2, -0.15) is 0 Å². The Morgan fingerprint density at radius 1 is 1.20 bits per heavy atom. The van der Waals surface area contributed by atoms with E-state index in [1.807, 2.05) is 6.07 Å². The fourth-order valence-corrected chi connectivity index (χ4v) is 1.81. The molecule has 15 heavy (non-hydrogen) atoms. The van der Waals surface area contributed by atoms with E-state index in [0.29, 0.717) is 0 Å². The number of hydrogen-bond acceptors (Lipinski definition) is 1. The standard InChI is InChI=1S/C13H18NSe/c1-2-3-5-10-13(15)14-11-12-8-6-4-7-9-12/h4,6-9H,2-3,5,10-11H2,1H3. The molecule has 0 heterocycles. The Kier molecular flexibility index (Phi) is 6.38. The van der Waals surface area contributed by atoms with Crippen molar-refractivity contribution in [3.8, 4) is 0 Å². The first-order valence-electron chi connectivity index (χ1n) is 5.57. The van der Waals surface area contributed by atoms with Crippen LogP contribution in [0.2, 0.25) is 0 Å². The molecule has 0 atom stereocenters. The monoisotopic (exact) mass is 268 g/mol. The van der Waals surface area contributed by atoms with Crippen molar-refractivity contribution < 1.29 is 0 Å². The van der Waals surface area contributed by atoms with E-state index in [1.54, 1.807) is 0 Å². The van der Waals surface area contributed by atoms with Crippen LogP contribution in [0.1, 0.15) is 38.2 Å². The van der Waals surface area contributed by atoms with Gasteiger partial charge in [0.2, 0.25) is 0 Å². The molecule has 0 aromatic heterocycles. The van der Waals surface area contributed by atoms with Gasteiger partial charge in [-0.1, -0.05) is 0 Å². The van der Waals surface area contributed by atoms with Crippen LogP contribution in [0.25, 0.3) is 0 Å². The van der Waals surface area contributed by atoms with Crippen LogP contribution in [0.15, 0.2) is 35.3 Å². The van der Waals surface area contributed by atoms with Crippen LogP contribution in [0.3, 0.4) is 0 Å². The Bertz CT molecular complexity index is 293. The van der Waals surface area contributed by atoms with Gasteiger partial charge in [0.05, 0.1) is 0 Å². The quantitative estimate of drug-likeness (QED) is 0.426. The molecule has 0 N–H and O–H groups in total. The summed E-state index contributed by atoms with van der Waals surface area (Å²) in [7, 11) is 0. The molecule has 2 heteroatoms. The average molecular weight is 267 g/mol. The third-order valence-electron chi connectivity index (χ3n) is 2.28. The van der Waals surface area contributed by atoms with Crippen molar-refractivity contribution in [3.05, 3.63) is 35.9 Å². The molecule has 0 saturated carbocycles. The maximum absolute atomic E-state index is 4.53. The summed E-state index contributed by atoms with van der Waals surface area (Å²) in [6.07, 6.45) is 4.91. The predicted octanol–water partition coefficient (Wildman–Crippen LogP) is 3.33. The minimum absolute atomic E-state index is 0.801. The van der Waals surface area contributed by atoms with E-state index in [4.69, 9.17) is 0 Å². The number of unbranched alkanes of at least 4 members (excludes halogenated alkanes) is 2. The summed E-state index contributed by atoms with van der Waals surface area (Å²) in [4.78, 5) is 4.53. The van der Waals surface area contributed by atoms with Crippen LogP contribution in [0.4, 0.5) is 0 Å². The van der Waals surface area contributed by atoms with Crippen LogP contribution in [-0.4, -0.2) is 20.6 Å². The molecule has 81 valence electrons. The fraction of sp³-hybridized carbons (Fsp3) is 0.462. The van der Waals surface area contributed by atoms with Gasteiger partial charge in [0.15, 0.2) is 0 Å². The molecule has 1 nitrogen and oxygen atoms in total. The van der Waals surface area contributed by atoms with E-state index < -0.39 is 0 Å².